The van der Waals surface area contributed by atoms with E-state index >= 15 is 0 Å². The van der Waals surface area contributed by atoms with Crippen LogP contribution in [0.5, 0.6) is 0 Å². The fourth-order valence-corrected chi connectivity index (χ4v) is 4.34. The van der Waals surface area contributed by atoms with Gasteiger partial charge >= 0.3 is 0 Å². The number of rotatable bonds is 1. The minimum Gasteiger partial charge on any atom is -0.348 e. The predicted molar refractivity (Wildman–Crippen MR) is 104 cm³/mol. The second-order valence-electron chi connectivity index (χ2n) is 7.23. The van der Waals surface area contributed by atoms with E-state index in [4.69, 9.17) is 12.2 Å². The number of hydrogen-bond donors (Lipinski definition) is 1. The molecule has 1 saturated heterocycles. The number of fused-ring (bicyclic) bond motifs is 4. The monoisotopic (exact) mass is 367 g/mol. The largest absolute Gasteiger partial charge is 0.348 e. The van der Waals surface area contributed by atoms with Crippen LogP contribution in [0.2, 0.25) is 0 Å². The Morgan fingerprint density at radius 3 is 2.77 bits per heavy atom. The van der Waals surface area contributed by atoms with Gasteiger partial charge in [0, 0.05) is 42.9 Å². The molecule has 1 amide bonds. The van der Waals surface area contributed by atoms with Gasteiger partial charge in [-0.3, -0.25) is 14.9 Å². The molecule has 2 aliphatic rings. The van der Waals surface area contributed by atoms with Crippen molar-refractivity contribution in [1.82, 2.24) is 14.8 Å². The number of likely N-dealkylation sites (tertiary alicyclic amines) is 1. The Kier molecular flexibility index (Phi) is 4.36. The lowest BCUT2D eigenvalue weighted by Gasteiger charge is -2.43. The first-order valence-electron chi connectivity index (χ1n) is 8.88. The van der Waals surface area contributed by atoms with Gasteiger partial charge < -0.3 is 9.47 Å². The maximum atomic E-state index is 12.5. The number of piperidine rings is 1. The van der Waals surface area contributed by atoms with Crippen LogP contribution in [0.25, 0.3) is 0 Å². The molecule has 0 radical (unpaired) electrons. The average molecular weight is 367 g/mol. The molecule has 2 aromatic rings. The van der Waals surface area contributed by atoms with Gasteiger partial charge in [-0.1, -0.05) is 23.8 Å². The van der Waals surface area contributed by atoms with Gasteiger partial charge in [0.1, 0.15) is 0 Å². The number of carbonyl (C=O) groups is 1. The number of pyridine rings is 1. The number of benzene rings is 1. The van der Waals surface area contributed by atoms with Gasteiger partial charge in [-0.15, -0.1) is 0 Å². The second-order valence-corrected chi connectivity index (χ2v) is 7.62. The highest BCUT2D eigenvalue weighted by molar-refractivity contribution is 7.80. The van der Waals surface area contributed by atoms with Crippen LogP contribution in [0, 0.1) is 12.8 Å². The number of aromatic nitrogens is 1. The lowest BCUT2D eigenvalue weighted by atomic mass is 9.83. The topological polar surface area (TPSA) is 54.3 Å². The van der Waals surface area contributed by atoms with Crippen LogP contribution in [-0.2, 0) is 6.54 Å². The summed E-state index contributed by atoms with van der Waals surface area (Å²) in [5.41, 5.74) is 2.80. The molecule has 5 nitrogen and oxygen atoms in total. The molecule has 4 rings (SSSR count). The molecule has 0 saturated carbocycles. The molecule has 2 aliphatic heterocycles. The standard InChI is InChI=1S/C20H21N3O2S/c1-13-4-2-5-15(8-13)19(25)21-20(26)22-10-14-9-16(12-22)17-6-3-7-18(24)23(17)11-14/h2-8,14,16H,9-12H2,1H3,(H,21,25,26)/t14-,16-/m0/s1. The van der Waals surface area contributed by atoms with E-state index in [2.05, 4.69) is 10.2 Å². The highest BCUT2D eigenvalue weighted by Crippen LogP contribution is 2.34. The fourth-order valence-electron chi connectivity index (χ4n) is 4.10. The maximum Gasteiger partial charge on any atom is 0.257 e. The van der Waals surface area contributed by atoms with Gasteiger partial charge in [0.2, 0.25) is 0 Å². The number of thiocarbonyl (C=S) groups is 1. The number of amides is 1. The molecule has 0 unspecified atom stereocenters. The van der Waals surface area contributed by atoms with Gasteiger partial charge in [0.25, 0.3) is 11.5 Å². The Balaban J connectivity index is 1.49. The number of aryl methyl sites for hydroxylation is 1. The molecule has 2 bridgehead atoms. The summed E-state index contributed by atoms with van der Waals surface area (Å²) in [5, 5.41) is 3.34. The summed E-state index contributed by atoms with van der Waals surface area (Å²) < 4.78 is 1.89. The van der Waals surface area contributed by atoms with Crippen molar-refractivity contribution in [2.75, 3.05) is 13.1 Å². The van der Waals surface area contributed by atoms with E-state index in [0.29, 0.717) is 16.6 Å². The third kappa shape index (κ3) is 3.17. The minimum atomic E-state index is -0.175. The molecule has 134 valence electrons. The van der Waals surface area contributed by atoms with Crippen molar-refractivity contribution in [3.63, 3.8) is 0 Å². The smallest absolute Gasteiger partial charge is 0.257 e. The van der Waals surface area contributed by atoms with Crippen LogP contribution in [0.1, 0.15) is 34.0 Å². The van der Waals surface area contributed by atoms with E-state index in [9.17, 15) is 9.59 Å². The average Bonchev–Trinajstić information content (AvgIpc) is 2.62. The maximum absolute atomic E-state index is 12.5. The van der Waals surface area contributed by atoms with Crippen molar-refractivity contribution >= 4 is 23.2 Å². The van der Waals surface area contributed by atoms with Gasteiger partial charge in [-0.2, -0.15) is 0 Å². The van der Waals surface area contributed by atoms with E-state index in [1.807, 2.05) is 41.8 Å². The number of carbonyl (C=O) groups excluding carboxylic acids is 1. The van der Waals surface area contributed by atoms with Crippen molar-refractivity contribution < 1.29 is 4.79 Å². The quantitative estimate of drug-likeness (QED) is 0.786. The van der Waals surface area contributed by atoms with Crippen molar-refractivity contribution in [3.8, 4) is 0 Å². The highest BCUT2D eigenvalue weighted by Gasteiger charge is 2.35. The first-order chi connectivity index (χ1) is 12.5. The Morgan fingerprint density at radius 1 is 1.15 bits per heavy atom. The highest BCUT2D eigenvalue weighted by atomic mass is 32.1. The summed E-state index contributed by atoms with van der Waals surface area (Å²) in [4.78, 5) is 26.6. The normalized spacial score (nSPS) is 21.0. The zero-order chi connectivity index (χ0) is 18.3. The summed E-state index contributed by atoms with van der Waals surface area (Å²) in [6.07, 6.45) is 1.06. The van der Waals surface area contributed by atoms with E-state index < -0.39 is 0 Å². The molecule has 1 fully saturated rings. The summed E-state index contributed by atoms with van der Waals surface area (Å²) in [6, 6.07) is 12.9. The zero-order valence-electron chi connectivity index (χ0n) is 14.6. The van der Waals surface area contributed by atoms with Crippen LogP contribution in [0.15, 0.2) is 47.3 Å². The third-order valence-corrected chi connectivity index (χ3v) is 5.63. The molecule has 3 heterocycles. The summed E-state index contributed by atoms with van der Waals surface area (Å²) in [5.74, 6) is 0.464. The first kappa shape index (κ1) is 17.0. The minimum absolute atomic E-state index is 0.0703. The summed E-state index contributed by atoms with van der Waals surface area (Å²) in [7, 11) is 0. The molecule has 2 atom stereocenters. The fraction of sp³-hybridized carbons (Fsp3) is 0.350. The molecular weight excluding hydrogens is 346 g/mol. The number of nitrogens with one attached hydrogen (secondary N) is 1. The molecule has 26 heavy (non-hydrogen) atoms. The Labute approximate surface area is 157 Å². The van der Waals surface area contributed by atoms with E-state index in [1.165, 1.54) is 0 Å². The van der Waals surface area contributed by atoms with Gasteiger partial charge in [0.15, 0.2) is 5.11 Å². The van der Waals surface area contributed by atoms with Crippen molar-refractivity contribution in [3.05, 3.63) is 69.6 Å². The Morgan fingerprint density at radius 2 is 1.96 bits per heavy atom. The Bertz CT molecular complexity index is 937. The van der Waals surface area contributed by atoms with Crippen LogP contribution in [-0.4, -0.2) is 33.6 Å². The first-order valence-corrected chi connectivity index (χ1v) is 9.29. The van der Waals surface area contributed by atoms with Crippen LogP contribution in [0.3, 0.4) is 0 Å². The van der Waals surface area contributed by atoms with Crippen molar-refractivity contribution in [1.29, 1.82) is 0 Å². The van der Waals surface area contributed by atoms with Crippen LogP contribution < -0.4 is 10.9 Å². The number of hydrogen-bond acceptors (Lipinski definition) is 3. The zero-order valence-corrected chi connectivity index (χ0v) is 15.5. The number of nitrogens with zero attached hydrogens (tertiary/aromatic N) is 2. The summed E-state index contributed by atoms with van der Waals surface area (Å²) in [6.45, 7) is 4.17. The van der Waals surface area contributed by atoms with E-state index in [-0.39, 0.29) is 17.4 Å². The van der Waals surface area contributed by atoms with Crippen LogP contribution >= 0.6 is 12.2 Å². The lowest BCUT2D eigenvalue weighted by Crippen LogP contribution is -2.52. The molecule has 1 N–H and O–H groups in total. The molecule has 1 aromatic carbocycles. The third-order valence-electron chi connectivity index (χ3n) is 5.27. The van der Waals surface area contributed by atoms with Crippen molar-refractivity contribution in [2.45, 2.75) is 25.8 Å². The Hall–Kier alpha value is -2.47. The summed E-state index contributed by atoms with van der Waals surface area (Å²) >= 11 is 5.51. The van der Waals surface area contributed by atoms with E-state index in [1.54, 1.807) is 12.1 Å². The van der Waals surface area contributed by atoms with Crippen molar-refractivity contribution in [2.24, 2.45) is 5.92 Å². The molecule has 0 spiro atoms. The second kappa shape index (κ2) is 6.68. The predicted octanol–water partition coefficient (Wildman–Crippen LogP) is 2.29. The molecule has 1 aromatic heterocycles. The molecule has 6 heteroatoms. The SMILES string of the molecule is Cc1cccc(C(=O)NC(=S)N2C[C@@H]3C[C@@H](C2)c2cccc(=O)n2C3)c1. The van der Waals surface area contributed by atoms with Crippen LogP contribution in [0.4, 0.5) is 0 Å². The van der Waals surface area contributed by atoms with Gasteiger partial charge in [-0.05, 0) is 49.7 Å². The lowest BCUT2D eigenvalue weighted by molar-refractivity contribution is 0.0968. The van der Waals surface area contributed by atoms with E-state index in [0.717, 1.165) is 37.3 Å². The molecular formula is C20H21N3O2S. The van der Waals surface area contributed by atoms with Gasteiger partial charge in [0.05, 0.1) is 0 Å². The van der Waals surface area contributed by atoms with Gasteiger partial charge in [-0.25, -0.2) is 0 Å². The molecule has 0 aliphatic carbocycles.